The molecule has 0 aliphatic carbocycles. The van der Waals surface area contributed by atoms with Crippen molar-refractivity contribution in [2.75, 3.05) is 16.8 Å². The standard InChI is InChI=1S/C13H20N2OS/c1-10(2)16-13-12(4-3-7-14-13)15-11-5-8-17-9-6-11/h3-4,7,10-11,15H,5-6,8-9H2,1-2H3. The molecule has 2 rings (SSSR count). The first kappa shape index (κ1) is 12.6. The Morgan fingerprint density at radius 1 is 1.41 bits per heavy atom. The normalized spacial score (nSPS) is 17.1. The number of nitrogens with zero attached hydrogens (tertiary/aromatic N) is 1. The number of hydrogen-bond acceptors (Lipinski definition) is 4. The van der Waals surface area contributed by atoms with Crippen LogP contribution in [0.25, 0.3) is 0 Å². The van der Waals surface area contributed by atoms with Crippen LogP contribution >= 0.6 is 11.8 Å². The molecule has 0 spiro atoms. The summed E-state index contributed by atoms with van der Waals surface area (Å²) in [6.45, 7) is 4.05. The lowest BCUT2D eigenvalue weighted by Gasteiger charge is -2.24. The summed E-state index contributed by atoms with van der Waals surface area (Å²) in [4.78, 5) is 4.29. The van der Waals surface area contributed by atoms with Gasteiger partial charge < -0.3 is 10.1 Å². The second-order valence-electron chi connectivity index (χ2n) is 4.55. The highest BCUT2D eigenvalue weighted by Gasteiger charge is 2.15. The number of ether oxygens (including phenoxy) is 1. The van der Waals surface area contributed by atoms with Crippen molar-refractivity contribution in [3.8, 4) is 5.88 Å². The summed E-state index contributed by atoms with van der Waals surface area (Å²) in [5.41, 5.74) is 1.03. The van der Waals surface area contributed by atoms with Gasteiger partial charge in [-0.15, -0.1) is 0 Å². The lowest BCUT2D eigenvalue weighted by Crippen LogP contribution is -2.25. The first-order valence-electron chi connectivity index (χ1n) is 6.21. The smallest absolute Gasteiger partial charge is 0.237 e. The topological polar surface area (TPSA) is 34.1 Å². The van der Waals surface area contributed by atoms with Crippen molar-refractivity contribution in [3.63, 3.8) is 0 Å². The quantitative estimate of drug-likeness (QED) is 0.892. The van der Waals surface area contributed by atoms with Gasteiger partial charge >= 0.3 is 0 Å². The summed E-state index contributed by atoms with van der Waals surface area (Å²) < 4.78 is 5.71. The van der Waals surface area contributed by atoms with Gasteiger partial charge in [0.2, 0.25) is 5.88 Å². The van der Waals surface area contributed by atoms with Gasteiger partial charge in [0, 0.05) is 12.2 Å². The van der Waals surface area contributed by atoms with E-state index in [9.17, 15) is 0 Å². The molecule has 0 unspecified atom stereocenters. The van der Waals surface area contributed by atoms with Crippen LogP contribution in [0.1, 0.15) is 26.7 Å². The molecule has 1 fully saturated rings. The van der Waals surface area contributed by atoms with Crippen LogP contribution in [0.5, 0.6) is 5.88 Å². The Labute approximate surface area is 107 Å². The van der Waals surface area contributed by atoms with E-state index in [1.54, 1.807) is 6.20 Å². The summed E-state index contributed by atoms with van der Waals surface area (Å²) in [6.07, 6.45) is 4.38. The molecule has 4 heteroatoms. The Kier molecular flexibility index (Phi) is 4.54. The van der Waals surface area contributed by atoms with Gasteiger partial charge in [0.05, 0.1) is 11.8 Å². The van der Waals surface area contributed by atoms with Crippen LogP contribution in [0.2, 0.25) is 0 Å². The van der Waals surface area contributed by atoms with Crippen molar-refractivity contribution in [2.24, 2.45) is 0 Å². The first-order valence-corrected chi connectivity index (χ1v) is 7.37. The van der Waals surface area contributed by atoms with Gasteiger partial charge in [-0.05, 0) is 50.3 Å². The summed E-state index contributed by atoms with van der Waals surface area (Å²) in [5.74, 6) is 3.22. The number of thioether (sulfide) groups is 1. The summed E-state index contributed by atoms with van der Waals surface area (Å²) in [5, 5.41) is 3.55. The van der Waals surface area contributed by atoms with Crippen molar-refractivity contribution in [3.05, 3.63) is 18.3 Å². The Morgan fingerprint density at radius 3 is 2.88 bits per heavy atom. The zero-order valence-corrected chi connectivity index (χ0v) is 11.3. The maximum atomic E-state index is 5.71. The summed E-state index contributed by atoms with van der Waals surface area (Å²) in [7, 11) is 0. The highest BCUT2D eigenvalue weighted by Crippen LogP contribution is 2.26. The molecular weight excluding hydrogens is 232 g/mol. The Hall–Kier alpha value is -0.900. The fourth-order valence-corrected chi connectivity index (χ4v) is 2.99. The van der Waals surface area contributed by atoms with E-state index in [4.69, 9.17) is 4.74 Å². The molecule has 2 heterocycles. The maximum Gasteiger partial charge on any atom is 0.237 e. The summed E-state index contributed by atoms with van der Waals surface area (Å²) >= 11 is 2.04. The predicted octanol–water partition coefficient (Wildman–Crippen LogP) is 3.18. The zero-order valence-electron chi connectivity index (χ0n) is 10.5. The molecule has 0 bridgehead atoms. The van der Waals surface area contributed by atoms with Crippen molar-refractivity contribution >= 4 is 17.4 Å². The minimum absolute atomic E-state index is 0.160. The van der Waals surface area contributed by atoms with E-state index in [0.29, 0.717) is 6.04 Å². The minimum atomic E-state index is 0.160. The van der Waals surface area contributed by atoms with E-state index in [1.165, 1.54) is 24.3 Å². The Bertz CT molecular complexity index is 351. The fourth-order valence-electron chi connectivity index (χ4n) is 1.88. The van der Waals surface area contributed by atoms with Crippen LogP contribution in [0.15, 0.2) is 18.3 Å². The molecular formula is C13H20N2OS. The van der Waals surface area contributed by atoms with Crippen molar-refractivity contribution < 1.29 is 4.74 Å². The third kappa shape index (κ3) is 3.80. The van der Waals surface area contributed by atoms with Gasteiger partial charge in [-0.2, -0.15) is 11.8 Å². The van der Waals surface area contributed by atoms with E-state index >= 15 is 0 Å². The van der Waals surface area contributed by atoms with E-state index < -0.39 is 0 Å². The van der Waals surface area contributed by atoms with Crippen LogP contribution in [-0.2, 0) is 0 Å². The van der Waals surface area contributed by atoms with Gasteiger partial charge in [-0.25, -0.2) is 4.98 Å². The molecule has 0 amide bonds. The first-order chi connectivity index (χ1) is 8.25. The number of rotatable bonds is 4. The maximum absolute atomic E-state index is 5.71. The number of nitrogens with one attached hydrogen (secondary N) is 1. The van der Waals surface area contributed by atoms with Crippen molar-refractivity contribution in [1.29, 1.82) is 0 Å². The van der Waals surface area contributed by atoms with Crippen LogP contribution < -0.4 is 10.1 Å². The highest BCUT2D eigenvalue weighted by atomic mass is 32.2. The fraction of sp³-hybridized carbons (Fsp3) is 0.615. The monoisotopic (exact) mass is 252 g/mol. The number of pyridine rings is 1. The molecule has 1 N–H and O–H groups in total. The van der Waals surface area contributed by atoms with E-state index in [1.807, 2.05) is 37.7 Å². The second-order valence-corrected chi connectivity index (χ2v) is 5.78. The van der Waals surface area contributed by atoms with Gasteiger partial charge in [0.15, 0.2) is 0 Å². The molecule has 0 radical (unpaired) electrons. The SMILES string of the molecule is CC(C)Oc1ncccc1NC1CCSCC1. The minimum Gasteiger partial charge on any atom is -0.473 e. The number of anilines is 1. The second kappa shape index (κ2) is 6.15. The molecule has 94 valence electrons. The Morgan fingerprint density at radius 2 is 2.18 bits per heavy atom. The van der Waals surface area contributed by atoms with Crippen LogP contribution in [0.3, 0.4) is 0 Å². The van der Waals surface area contributed by atoms with Crippen molar-refractivity contribution in [1.82, 2.24) is 4.98 Å². The third-order valence-corrected chi connectivity index (χ3v) is 3.75. The van der Waals surface area contributed by atoms with Crippen LogP contribution in [0.4, 0.5) is 5.69 Å². The average molecular weight is 252 g/mol. The largest absolute Gasteiger partial charge is 0.473 e. The lowest BCUT2D eigenvalue weighted by atomic mass is 10.1. The number of hydrogen-bond donors (Lipinski definition) is 1. The van der Waals surface area contributed by atoms with E-state index in [-0.39, 0.29) is 6.10 Å². The highest BCUT2D eigenvalue weighted by molar-refractivity contribution is 7.99. The van der Waals surface area contributed by atoms with E-state index in [2.05, 4.69) is 10.3 Å². The number of aromatic nitrogens is 1. The van der Waals surface area contributed by atoms with Crippen LogP contribution in [-0.4, -0.2) is 28.6 Å². The Balaban J connectivity index is 2.03. The van der Waals surface area contributed by atoms with Gasteiger partial charge in [0.1, 0.15) is 0 Å². The molecule has 1 aromatic rings. The van der Waals surface area contributed by atoms with Gasteiger partial charge in [-0.1, -0.05) is 0 Å². The molecule has 3 nitrogen and oxygen atoms in total. The molecule has 1 saturated heterocycles. The van der Waals surface area contributed by atoms with Crippen molar-refractivity contribution in [2.45, 2.75) is 38.8 Å². The molecule has 0 aromatic carbocycles. The lowest BCUT2D eigenvalue weighted by molar-refractivity contribution is 0.234. The van der Waals surface area contributed by atoms with Gasteiger partial charge in [-0.3, -0.25) is 0 Å². The zero-order chi connectivity index (χ0) is 12.1. The molecule has 17 heavy (non-hydrogen) atoms. The van der Waals surface area contributed by atoms with Gasteiger partial charge in [0.25, 0.3) is 0 Å². The van der Waals surface area contributed by atoms with E-state index in [0.717, 1.165) is 11.6 Å². The molecule has 0 saturated carbocycles. The molecule has 1 aliphatic heterocycles. The molecule has 1 aromatic heterocycles. The molecule has 1 aliphatic rings. The average Bonchev–Trinajstić information content (AvgIpc) is 2.32. The third-order valence-electron chi connectivity index (χ3n) is 2.70. The van der Waals surface area contributed by atoms with Crippen LogP contribution in [0, 0.1) is 0 Å². The predicted molar refractivity (Wildman–Crippen MR) is 74.0 cm³/mol. The molecule has 0 atom stereocenters. The summed E-state index contributed by atoms with van der Waals surface area (Å²) in [6, 6.07) is 4.56.